The van der Waals surface area contributed by atoms with E-state index in [4.69, 9.17) is 0 Å². The van der Waals surface area contributed by atoms with Crippen molar-refractivity contribution in [1.29, 1.82) is 0 Å². The highest BCUT2D eigenvalue weighted by Crippen LogP contribution is 2.46. The maximum atomic E-state index is 4.58. The summed E-state index contributed by atoms with van der Waals surface area (Å²) in [5.41, 5.74) is 1.26. The van der Waals surface area contributed by atoms with Gasteiger partial charge in [0.15, 0.2) is 0 Å². The second kappa shape index (κ2) is 6.78. The molecule has 0 radical (unpaired) electrons. The van der Waals surface area contributed by atoms with Crippen LogP contribution in [0, 0.1) is 0 Å². The van der Waals surface area contributed by atoms with Gasteiger partial charge in [0.25, 0.3) is 0 Å². The summed E-state index contributed by atoms with van der Waals surface area (Å²) in [4.78, 5) is 9.45. The van der Waals surface area contributed by atoms with Crippen molar-refractivity contribution in [2.75, 3.05) is 24.5 Å². The number of para-hydroxylation sites is 1. The van der Waals surface area contributed by atoms with Gasteiger partial charge in [-0.3, -0.25) is 0 Å². The van der Waals surface area contributed by atoms with Gasteiger partial charge < -0.3 is 10.2 Å². The Kier molecular flexibility index (Phi) is 4.58. The minimum absolute atomic E-state index is 0.862. The predicted molar refractivity (Wildman–Crippen MR) is 89.5 cm³/mol. The quantitative estimate of drug-likeness (QED) is 0.647. The molecule has 0 saturated heterocycles. The van der Waals surface area contributed by atoms with Crippen molar-refractivity contribution in [2.24, 2.45) is 0 Å². The largest absolute Gasteiger partial charge is 0.324 e. The van der Waals surface area contributed by atoms with E-state index < -0.39 is 0 Å². The van der Waals surface area contributed by atoms with Crippen LogP contribution in [0.15, 0.2) is 65.0 Å². The van der Waals surface area contributed by atoms with Crippen LogP contribution in [0.3, 0.4) is 0 Å². The lowest BCUT2D eigenvalue weighted by Crippen LogP contribution is -2.26. The molecule has 3 rings (SSSR count). The summed E-state index contributed by atoms with van der Waals surface area (Å²) in [5.74, 6) is 1.07. The predicted octanol–water partition coefficient (Wildman–Crippen LogP) is 3.85. The van der Waals surface area contributed by atoms with Gasteiger partial charge in [-0.05, 0) is 37.2 Å². The summed E-state index contributed by atoms with van der Waals surface area (Å²) in [5, 5.41) is 3.35. The molecule has 0 unspecified atom stereocenters. The van der Waals surface area contributed by atoms with E-state index >= 15 is 0 Å². The van der Waals surface area contributed by atoms with Crippen LogP contribution < -0.4 is 10.2 Å². The third-order valence-electron chi connectivity index (χ3n) is 3.41. The Morgan fingerprint density at radius 2 is 2.05 bits per heavy atom. The normalized spacial score (nSPS) is 12.7. The van der Waals surface area contributed by atoms with E-state index in [1.807, 2.05) is 18.3 Å². The highest BCUT2D eigenvalue weighted by molar-refractivity contribution is 7.99. The van der Waals surface area contributed by atoms with Gasteiger partial charge >= 0.3 is 0 Å². The molecule has 0 spiro atoms. The summed E-state index contributed by atoms with van der Waals surface area (Å²) >= 11 is 1.80. The average Bonchev–Trinajstić information content (AvgIpc) is 2.53. The first-order valence-electron chi connectivity index (χ1n) is 7.21. The first-order valence-corrected chi connectivity index (χ1v) is 8.03. The molecule has 4 heteroatoms. The van der Waals surface area contributed by atoms with E-state index in [0.29, 0.717) is 0 Å². The van der Waals surface area contributed by atoms with Crippen molar-refractivity contribution in [2.45, 2.75) is 16.2 Å². The Bertz CT molecular complexity index is 581. The molecule has 1 aliphatic rings. The number of aromatic nitrogens is 1. The molecule has 21 heavy (non-hydrogen) atoms. The van der Waals surface area contributed by atoms with Crippen LogP contribution in [0.4, 0.5) is 11.5 Å². The molecule has 108 valence electrons. The van der Waals surface area contributed by atoms with Gasteiger partial charge in [0.1, 0.15) is 5.82 Å². The Hall–Kier alpha value is -1.78. The maximum Gasteiger partial charge on any atom is 0.147 e. The van der Waals surface area contributed by atoms with Gasteiger partial charge in [-0.25, -0.2) is 4.98 Å². The Morgan fingerprint density at radius 1 is 1.19 bits per heavy atom. The SMILES string of the molecule is C=CCNCCCN1c2ccccc2Sc2cccnc21. The van der Waals surface area contributed by atoms with Crippen LogP contribution in [-0.2, 0) is 0 Å². The fourth-order valence-electron chi connectivity index (χ4n) is 2.46. The van der Waals surface area contributed by atoms with Crippen LogP contribution in [0.2, 0.25) is 0 Å². The van der Waals surface area contributed by atoms with Gasteiger partial charge in [0.2, 0.25) is 0 Å². The van der Waals surface area contributed by atoms with E-state index in [9.17, 15) is 0 Å². The lowest BCUT2D eigenvalue weighted by molar-refractivity contribution is 0.687. The number of anilines is 2. The Labute approximate surface area is 130 Å². The topological polar surface area (TPSA) is 28.2 Å². The van der Waals surface area contributed by atoms with E-state index in [1.165, 1.54) is 15.5 Å². The molecule has 1 aromatic heterocycles. The van der Waals surface area contributed by atoms with Gasteiger partial charge in [-0.15, -0.1) is 6.58 Å². The monoisotopic (exact) mass is 297 g/mol. The fraction of sp³-hybridized carbons (Fsp3) is 0.235. The molecule has 0 saturated carbocycles. The standard InChI is InChI=1S/C17H19N3S/c1-2-10-18-11-6-13-20-14-7-3-4-8-15(14)21-16-9-5-12-19-17(16)20/h2-5,7-9,12,18H,1,6,10-11,13H2. The number of hydrogen-bond acceptors (Lipinski definition) is 4. The van der Waals surface area contributed by atoms with Crippen molar-refractivity contribution in [3.05, 3.63) is 55.3 Å². The number of fused-ring (bicyclic) bond motifs is 2. The minimum atomic E-state index is 0.862. The highest BCUT2D eigenvalue weighted by atomic mass is 32.2. The second-order valence-electron chi connectivity index (χ2n) is 4.89. The molecule has 0 amide bonds. The number of nitrogens with one attached hydrogen (secondary N) is 1. The number of rotatable bonds is 6. The van der Waals surface area contributed by atoms with Crippen LogP contribution in [0.5, 0.6) is 0 Å². The van der Waals surface area contributed by atoms with Crippen molar-refractivity contribution in [3.63, 3.8) is 0 Å². The van der Waals surface area contributed by atoms with Crippen molar-refractivity contribution < 1.29 is 0 Å². The highest BCUT2D eigenvalue weighted by Gasteiger charge is 2.23. The summed E-state index contributed by atoms with van der Waals surface area (Å²) in [6.45, 7) is 6.53. The number of benzene rings is 1. The molecular formula is C17H19N3S. The van der Waals surface area contributed by atoms with E-state index in [2.05, 4.69) is 52.1 Å². The maximum absolute atomic E-state index is 4.58. The van der Waals surface area contributed by atoms with Crippen LogP contribution in [0.25, 0.3) is 0 Å². The lowest BCUT2D eigenvalue weighted by atomic mass is 10.2. The minimum Gasteiger partial charge on any atom is -0.324 e. The van der Waals surface area contributed by atoms with E-state index in [-0.39, 0.29) is 0 Å². The summed E-state index contributed by atoms with van der Waals surface area (Å²) in [7, 11) is 0. The number of nitrogens with zero attached hydrogens (tertiary/aromatic N) is 2. The molecule has 2 aromatic rings. The molecule has 1 aliphatic heterocycles. The van der Waals surface area contributed by atoms with Crippen molar-refractivity contribution in [1.82, 2.24) is 10.3 Å². The van der Waals surface area contributed by atoms with Crippen molar-refractivity contribution in [3.8, 4) is 0 Å². The summed E-state index contributed by atoms with van der Waals surface area (Å²) in [6, 6.07) is 12.7. The summed E-state index contributed by atoms with van der Waals surface area (Å²) < 4.78 is 0. The third kappa shape index (κ3) is 3.12. The zero-order valence-corrected chi connectivity index (χ0v) is 12.8. The Morgan fingerprint density at radius 3 is 2.95 bits per heavy atom. The molecule has 1 N–H and O–H groups in total. The molecule has 2 heterocycles. The van der Waals surface area contributed by atoms with Crippen LogP contribution in [0.1, 0.15) is 6.42 Å². The molecular weight excluding hydrogens is 278 g/mol. The lowest BCUT2D eigenvalue weighted by Gasteiger charge is -2.31. The molecule has 3 nitrogen and oxygen atoms in total. The summed E-state index contributed by atoms with van der Waals surface area (Å²) in [6.07, 6.45) is 4.84. The molecule has 0 aliphatic carbocycles. The number of pyridine rings is 1. The molecule has 0 atom stereocenters. The molecule has 0 bridgehead atoms. The fourth-order valence-corrected chi connectivity index (χ4v) is 3.52. The first kappa shape index (κ1) is 14.2. The van der Waals surface area contributed by atoms with Gasteiger partial charge in [0.05, 0.1) is 10.6 Å². The van der Waals surface area contributed by atoms with Gasteiger partial charge in [0, 0.05) is 24.2 Å². The van der Waals surface area contributed by atoms with Crippen LogP contribution >= 0.6 is 11.8 Å². The smallest absolute Gasteiger partial charge is 0.147 e. The first-order chi connectivity index (χ1) is 10.4. The molecule has 1 aromatic carbocycles. The van der Waals surface area contributed by atoms with E-state index in [1.54, 1.807) is 11.8 Å². The zero-order valence-electron chi connectivity index (χ0n) is 12.0. The van der Waals surface area contributed by atoms with Crippen LogP contribution in [-0.4, -0.2) is 24.6 Å². The van der Waals surface area contributed by atoms with Crippen molar-refractivity contribution >= 4 is 23.3 Å². The van der Waals surface area contributed by atoms with Gasteiger partial charge in [-0.1, -0.05) is 30.0 Å². The van der Waals surface area contributed by atoms with E-state index in [0.717, 1.165) is 31.9 Å². The number of hydrogen-bond donors (Lipinski definition) is 1. The average molecular weight is 297 g/mol. The second-order valence-corrected chi connectivity index (χ2v) is 5.98. The van der Waals surface area contributed by atoms with Gasteiger partial charge in [-0.2, -0.15) is 0 Å². The third-order valence-corrected chi connectivity index (χ3v) is 4.51. The molecule has 0 fully saturated rings. The zero-order chi connectivity index (χ0) is 14.5. The Balaban J connectivity index is 1.80.